The Hall–Kier alpha value is -0.750. The van der Waals surface area contributed by atoms with E-state index in [1.165, 1.54) is 38.6 Å². The van der Waals surface area contributed by atoms with Crippen molar-refractivity contribution in [2.75, 3.05) is 27.2 Å². The molecule has 0 unspecified atom stereocenters. The van der Waals surface area contributed by atoms with E-state index in [-0.39, 0.29) is 24.0 Å². The molecule has 0 N–H and O–H groups in total. The number of quaternary nitrogens is 1. The summed E-state index contributed by atoms with van der Waals surface area (Å²) < 4.78 is 1.03. The Balaban J connectivity index is 0.00000280. The SMILES string of the molecule is CC(C)=CCC[N+](C)(C)CCC=C1c2ccccc2Sc2ccc(Cl)cc21.[I-]. The van der Waals surface area contributed by atoms with Crippen LogP contribution in [-0.4, -0.2) is 31.7 Å². The molecule has 150 valence electrons. The molecule has 28 heavy (non-hydrogen) atoms. The summed E-state index contributed by atoms with van der Waals surface area (Å²) in [4.78, 5) is 2.62. The van der Waals surface area contributed by atoms with Crippen LogP contribution in [0.25, 0.3) is 5.57 Å². The van der Waals surface area contributed by atoms with Crippen molar-refractivity contribution in [1.29, 1.82) is 0 Å². The molecule has 0 saturated heterocycles. The second-order valence-electron chi connectivity index (χ2n) is 8.10. The quantitative estimate of drug-likeness (QED) is 0.266. The molecule has 1 heterocycles. The molecule has 1 aliphatic rings. The van der Waals surface area contributed by atoms with Gasteiger partial charge in [0.15, 0.2) is 0 Å². The molecule has 0 fully saturated rings. The molecule has 2 aromatic rings. The summed E-state index contributed by atoms with van der Waals surface area (Å²) in [5.41, 5.74) is 5.32. The Kier molecular flexibility index (Phi) is 8.68. The third-order valence-corrected chi connectivity index (χ3v) is 6.39. The van der Waals surface area contributed by atoms with Crippen LogP contribution in [-0.2, 0) is 0 Å². The summed E-state index contributed by atoms with van der Waals surface area (Å²) in [7, 11) is 4.65. The van der Waals surface area contributed by atoms with Crippen molar-refractivity contribution in [1.82, 2.24) is 0 Å². The van der Waals surface area contributed by atoms with Crippen LogP contribution in [0.15, 0.2) is 70.0 Å². The lowest BCUT2D eigenvalue weighted by atomic mass is 9.96. The summed E-state index contributed by atoms with van der Waals surface area (Å²) in [6.07, 6.45) is 6.95. The number of rotatable bonds is 6. The van der Waals surface area contributed by atoms with E-state index in [1.54, 1.807) is 0 Å². The van der Waals surface area contributed by atoms with Crippen LogP contribution in [0.4, 0.5) is 0 Å². The Morgan fingerprint density at radius 1 is 0.964 bits per heavy atom. The van der Waals surface area contributed by atoms with Crippen LogP contribution < -0.4 is 24.0 Å². The minimum Gasteiger partial charge on any atom is -1.00 e. The zero-order valence-corrected chi connectivity index (χ0v) is 20.9. The number of benzene rings is 2. The lowest BCUT2D eigenvalue weighted by Crippen LogP contribution is -3.00. The zero-order chi connectivity index (χ0) is 19.4. The van der Waals surface area contributed by atoms with Crippen molar-refractivity contribution in [2.24, 2.45) is 0 Å². The molecule has 0 bridgehead atoms. The molecule has 2 aromatic carbocycles. The molecule has 1 nitrogen and oxygen atoms in total. The van der Waals surface area contributed by atoms with E-state index >= 15 is 0 Å². The van der Waals surface area contributed by atoms with Gasteiger partial charge in [0.25, 0.3) is 0 Å². The lowest BCUT2D eigenvalue weighted by Gasteiger charge is -2.29. The largest absolute Gasteiger partial charge is 1.00 e. The van der Waals surface area contributed by atoms with Gasteiger partial charge >= 0.3 is 0 Å². The summed E-state index contributed by atoms with van der Waals surface area (Å²) >= 11 is 8.15. The van der Waals surface area contributed by atoms with Gasteiger partial charge < -0.3 is 28.5 Å². The highest BCUT2D eigenvalue weighted by atomic mass is 127. The highest BCUT2D eigenvalue weighted by Crippen LogP contribution is 2.46. The van der Waals surface area contributed by atoms with Crippen LogP contribution >= 0.6 is 23.4 Å². The zero-order valence-electron chi connectivity index (χ0n) is 17.1. The van der Waals surface area contributed by atoms with Gasteiger partial charge in [-0.15, -0.1) is 0 Å². The first-order chi connectivity index (χ1) is 12.9. The summed E-state index contributed by atoms with van der Waals surface area (Å²) in [6.45, 7) is 6.64. The first-order valence-corrected chi connectivity index (χ1v) is 10.8. The van der Waals surface area contributed by atoms with E-state index in [9.17, 15) is 0 Å². The van der Waals surface area contributed by atoms with Gasteiger partial charge in [-0.3, -0.25) is 0 Å². The number of allylic oxidation sites excluding steroid dienone is 1. The Morgan fingerprint density at radius 2 is 1.64 bits per heavy atom. The molecule has 4 heteroatoms. The highest BCUT2D eigenvalue weighted by Gasteiger charge is 2.21. The maximum Gasteiger partial charge on any atom is 0.0817 e. The topological polar surface area (TPSA) is 0 Å². The second-order valence-corrected chi connectivity index (χ2v) is 9.62. The Morgan fingerprint density at radius 3 is 2.39 bits per heavy atom. The average molecular weight is 526 g/mol. The van der Waals surface area contributed by atoms with Crippen molar-refractivity contribution in [3.8, 4) is 0 Å². The van der Waals surface area contributed by atoms with Gasteiger partial charge in [0.1, 0.15) is 0 Å². The standard InChI is InChI=1S/C24H29ClNS.HI/c1-18(2)9-7-15-26(3,4)16-8-11-20-21-10-5-6-12-23(21)27-24-14-13-19(25)17-22(20)24;/h5-6,9-14,17H,7-8,15-16H2,1-4H3;1H/q+1;/p-1. The van der Waals surface area contributed by atoms with Crippen molar-refractivity contribution >= 4 is 28.9 Å². The van der Waals surface area contributed by atoms with Crippen LogP contribution in [0.2, 0.25) is 5.02 Å². The van der Waals surface area contributed by atoms with Gasteiger partial charge in [-0.1, -0.05) is 59.3 Å². The van der Waals surface area contributed by atoms with E-state index < -0.39 is 0 Å². The fourth-order valence-electron chi connectivity index (χ4n) is 3.44. The predicted octanol–water partition coefficient (Wildman–Crippen LogP) is 4.06. The fraction of sp³-hybridized carbons (Fsp3) is 0.333. The molecule has 0 aliphatic carbocycles. The third kappa shape index (κ3) is 6.12. The monoisotopic (exact) mass is 525 g/mol. The minimum atomic E-state index is 0. The first-order valence-electron chi connectivity index (χ1n) is 9.58. The highest BCUT2D eigenvalue weighted by molar-refractivity contribution is 7.99. The van der Waals surface area contributed by atoms with Crippen LogP contribution in [0.1, 0.15) is 37.8 Å². The van der Waals surface area contributed by atoms with Crippen LogP contribution in [0.3, 0.4) is 0 Å². The number of halogens is 2. The molecule has 3 rings (SSSR count). The van der Waals surface area contributed by atoms with Gasteiger partial charge in [0, 0.05) is 27.7 Å². The first kappa shape index (κ1) is 23.5. The normalized spacial score (nSPS) is 14.1. The maximum absolute atomic E-state index is 6.31. The number of fused-ring (bicyclic) bond motifs is 2. The fourth-order valence-corrected chi connectivity index (χ4v) is 4.69. The smallest absolute Gasteiger partial charge is 0.0817 e. The molecule has 0 aromatic heterocycles. The Bertz CT molecular complexity index is 882. The minimum absolute atomic E-state index is 0. The van der Waals surface area contributed by atoms with E-state index in [4.69, 9.17) is 11.6 Å². The number of hydrogen-bond acceptors (Lipinski definition) is 1. The number of nitrogens with zero attached hydrogens (tertiary/aromatic N) is 1. The molecule has 0 spiro atoms. The van der Waals surface area contributed by atoms with Gasteiger partial charge in [0.05, 0.1) is 27.2 Å². The van der Waals surface area contributed by atoms with Crippen molar-refractivity contribution in [3.05, 3.63) is 76.3 Å². The van der Waals surface area contributed by atoms with E-state index in [0.717, 1.165) is 28.9 Å². The van der Waals surface area contributed by atoms with Crippen molar-refractivity contribution in [3.63, 3.8) is 0 Å². The molecule has 0 saturated carbocycles. The van der Waals surface area contributed by atoms with E-state index in [2.05, 4.69) is 76.5 Å². The van der Waals surface area contributed by atoms with Gasteiger partial charge in [-0.05, 0) is 54.8 Å². The number of hydrogen-bond donors (Lipinski definition) is 0. The molecule has 0 amide bonds. The molecule has 0 radical (unpaired) electrons. The van der Waals surface area contributed by atoms with Gasteiger partial charge in [0.2, 0.25) is 0 Å². The predicted molar refractivity (Wildman–Crippen MR) is 120 cm³/mol. The van der Waals surface area contributed by atoms with E-state index in [1.807, 2.05) is 17.8 Å². The van der Waals surface area contributed by atoms with Crippen molar-refractivity contribution in [2.45, 2.75) is 36.5 Å². The molecule has 0 atom stereocenters. The third-order valence-electron chi connectivity index (χ3n) is 5.00. The summed E-state index contributed by atoms with van der Waals surface area (Å²) in [5, 5.41) is 0.803. The van der Waals surface area contributed by atoms with Crippen LogP contribution in [0.5, 0.6) is 0 Å². The molecular weight excluding hydrogens is 497 g/mol. The Labute approximate surface area is 196 Å². The van der Waals surface area contributed by atoms with Crippen LogP contribution in [0, 0.1) is 0 Å². The lowest BCUT2D eigenvalue weighted by molar-refractivity contribution is -0.889. The summed E-state index contributed by atoms with van der Waals surface area (Å²) in [5.74, 6) is 0. The summed E-state index contributed by atoms with van der Waals surface area (Å²) in [6, 6.07) is 14.9. The van der Waals surface area contributed by atoms with E-state index in [0.29, 0.717) is 0 Å². The van der Waals surface area contributed by atoms with Crippen molar-refractivity contribution < 1.29 is 28.5 Å². The van der Waals surface area contributed by atoms with Gasteiger partial charge in [-0.2, -0.15) is 0 Å². The maximum atomic E-state index is 6.31. The molecule has 1 aliphatic heterocycles. The van der Waals surface area contributed by atoms with Gasteiger partial charge in [-0.25, -0.2) is 0 Å². The second kappa shape index (κ2) is 10.3. The average Bonchev–Trinajstić information content (AvgIpc) is 2.61. The molecular formula is C24H29ClINS.